The summed E-state index contributed by atoms with van der Waals surface area (Å²) in [7, 11) is 2.09. The first-order chi connectivity index (χ1) is 45.5. The zero-order valence-electron chi connectivity index (χ0n) is 55.7. The van der Waals surface area contributed by atoms with Crippen molar-refractivity contribution in [3.8, 4) is 33.8 Å². The number of carbonyl (C=O) groups excluding carboxylic acids is 3. The summed E-state index contributed by atoms with van der Waals surface area (Å²) in [5.74, 6) is -3.70. The minimum Gasteiger partial charge on any atom is -0.496 e. The molecule has 0 aliphatic heterocycles. The van der Waals surface area contributed by atoms with E-state index in [4.69, 9.17) is 28.4 Å². The van der Waals surface area contributed by atoms with E-state index in [1.165, 1.54) is 81.4 Å². The molecule has 0 bridgehead atoms. The smallest absolute Gasteiger partial charge is 0.496 e. The highest BCUT2D eigenvalue weighted by atomic mass is 19.4. The van der Waals surface area contributed by atoms with Crippen LogP contribution in [0.1, 0.15) is 174 Å². The zero-order valence-corrected chi connectivity index (χ0v) is 55.7. The van der Waals surface area contributed by atoms with Gasteiger partial charge in [-0.15, -0.1) is 0 Å². The molecule has 548 valence electrons. The number of amides is 2. The van der Waals surface area contributed by atoms with Crippen LogP contribution in [0.2, 0.25) is 0 Å². The molecule has 0 aliphatic carbocycles. The molecule has 6 aromatic carbocycles. The van der Waals surface area contributed by atoms with E-state index in [0.717, 1.165) is 52.3 Å². The quantitative estimate of drug-likeness (QED) is 0.0472. The van der Waals surface area contributed by atoms with Crippen LogP contribution < -0.4 is 9.47 Å². The van der Waals surface area contributed by atoms with Crippen LogP contribution in [0.4, 0.5) is 102 Å². The summed E-state index contributed by atoms with van der Waals surface area (Å²) in [5.41, 5.74) is -20.0. The highest BCUT2D eigenvalue weighted by molar-refractivity contribution is 5.78. The average Bonchev–Trinajstić information content (AvgIpc) is 0.784. The van der Waals surface area contributed by atoms with Gasteiger partial charge >= 0.3 is 55.4 Å². The van der Waals surface area contributed by atoms with Crippen molar-refractivity contribution >= 4 is 18.3 Å². The Labute approximate surface area is 561 Å². The molecule has 31 heteroatoms. The molecule has 6 rings (SSSR count). The number of ether oxygens (including phenoxy) is 6. The first-order valence-corrected chi connectivity index (χ1v) is 30.2. The first-order valence-electron chi connectivity index (χ1n) is 30.2. The molecule has 4 atom stereocenters. The lowest BCUT2D eigenvalue weighted by molar-refractivity contribution is -0.144. The van der Waals surface area contributed by atoms with E-state index >= 15 is 13.6 Å². The summed E-state index contributed by atoms with van der Waals surface area (Å²) in [6.07, 6.45) is -45.2. The van der Waals surface area contributed by atoms with Gasteiger partial charge in [0.15, 0.2) is 12.2 Å². The zero-order chi connectivity index (χ0) is 75.9. The van der Waals surface area contributed by atoms with Crippen molar-refractivity contribution in [3.63, 3.8) is 0 Å². The maximum atomic E-state index is 15.5. The third-order valence-corrected chi connectivity index (χ3v) is 15.4. The number of benzene rings is 6. The van der Waals surface area contributed by atoms with E-state index in [1.807, 2.05) is 0 Å². The van der Waals surface area contributed by atoms with Crippen LogP contribution in [0.25, 0.3) is 22.3 Å². The summed E-state index contributed by atoms with van der Waals surface area (Å²) in [6.45, 7) is 12.4. The number of methoxy groups -OCH3 is 2. The fourth-order valence-corrected chi connectivity index (χ4v) is 10.6. The summed E-state index contributed by atoms with van der Waals surface area (Å²) in [5, 5.41) is 0. The van der Waals surface area contributed by atoms with Crippen molar-refractivity contribution in [2.24, 2.45) is 0 Å². The first kappa shape index (κ1) is 80.3. The van der Waals surface area contributed by atoms with Gasteiger partial charge in [-0.05, 0) is 185 Å². The minimum absolute atomic E-state index is 0.0520. The SMILES string of the molecule is COc1cc(F)c(C(C)C)cc1-c1ccc(C(F)(F)F)cc1CN(C(=O)OC(C)(C)C)[C@@H](C)[C@H](OC(=O)O[C@H](c1cc(C(F)(F)F)cc(C(F)(F)F)c1)[C@H](C)N(Cc1cc(C(F)(F)F)ccc1-c1cc(C(C)C)c(F)cc1OC)C(=O)OC(C)(C)C)c1cc(C(F)(F)F)cc(C(F)(F)F)c1. The van der Waals surface area contributed by atoms with Crippen molar-refractivity contribution < 1.29 is 131 Å². The number of rotatable bonds is 18. The van der Waals surface area contributed by atoms with Crippen molar-refractivity contribution in [2.75, 3.05) is 14.2 Å². The molecular formula is C69H68F20N2O9. The van der Waals surface area contributed by atoms with Gasteiger partial charge in [-0.1, -0.05) is 39.8 Å². The normalized spacial score (nSPS) is 14.1. The number of hydrogen-bond donors (Lipinski definition) is 0. The Bertz CT molecular complexity index is 3640. The Morgan fingerprint density at radius 3 is 0.900 bits per heavy atom. The van der Waals surface area contributed by atoms with Crippen molar-refractivity contribution in [1.29, 1.82) is 0 Å². The standard InChI is InChI=1S/C69H68F20N2O9/c1-33(2)49-27-51(55(95-13)29-53(49)70)47-17-15-41(64(72,73)74)23-39(47)31-90(59(92)99-62(7,8)9)35(5)57(37-19-43(66(78,79)80)25-44(20-37)67(81,82)83)97-61(94)98-58(38-21-45(68(84,85)86)26-46(22-38)69(87,88)89)36(6)91(60(93)100-63(10,11)12)32-40-24-42(65(75,76)77)16-18-48(40)52-28-50(34(3)4)54(71)30-56(52)96-14/h15-30,33-36,57-58H,31-32H2,1-14H3/t35-,36-,57-,58-/m0/s1. The predicted octanol–water partition coefficient (Wildman–Crippen LogP) is 22.3. The lowest BCUT2D eigenvalue weighted by Crippen LogP contribution is -2.46. The molecule has 0 fully saturated rings. The Hall–Kier alpha value is -8.67. The van der Waals surface area contributed by atoms with Crippen molar-refractivity contribution in [2.45, 2.75) is 181 Å². The summed E-state index contributed by atoms with van der Waals surface area (Å²) < 4.78 is 332. The van der Waals surface area contributed by atoms with Gasteiger partial charge in [-0.25, -0.2) is 23.2 Å². The number of hydrogen-bond acceptors (Lipinski definition) is 9. The van der Waals surface area contributed by atoms with Crippen LogP contribution in [0.5, 0.6) is 11.5 Å². The number of alkyl halides is 18. The second-order valence-corrected chi connectivity index (χ2v) is 25.9. The molecule has 0 N–H and O–H groups in total. The Balaban J connectivity index is 1.71. The van der Waals surface area contributed by atoms with Gasteiger partial charge in [0.25, 0.3) is 0 Å². The van der Waals surface area contributed by atoms with E-state index in [1.54, 1.807) is 0 Å². The number of nitrogens with zero attached hydrogens (tertiary/aromatic N) is 2. The minimum atomic E-state index is -5.76. The van der Waals surface area contributed by atoms with Gasteiger partial charge in [0, 0.05) is 23.3 Å². The highest BCUT2D eigenvalue weighted by Crippen LogP contribution is 2.47. The maximum absolute atomic E-state index is 15.5. The molecular weight excluding hydrogens is 1380 g/mol. The van der Waals surface area contributed by atoms with E-state index < -0.39 is 195 Å². The van der Waals surface area contributed by atoms with Crippen LogP contribution in [-0.2, 0) is 69.1 Å². The lowest BCUT2D eigenvalue weighted by atomic mass is 9.91. The van der Waals surface area contributed by atoms with Gasteiger partial charge in [0.1, 0.15) is 34.3 Å². The van der Waals surface area contributed by atoms with E-state index in [2.05, 4.69) is 0 Å². The topological polar surface area (TPSA) is 113 Å². The summed E-state index contributed by atoms with van der Waals surface area (Å²) in [6, 6.07) is 1.90. The second kappa shape index (κ2) is 29.5. The van der Waals surface area contributed by atoms with E-state index in [9.17, 15) is 88.6 Å². The Kier molecular flexibility index (Phi) is 23.7. The average molecular weight is 1450 g/mol. The molecule has 0 spiro atoms. The lowest BCUT2D eigenvalue weighted by Gasteiger charge is -2.38. The largest absolute Gasteiger partial charge is 0.509 e. The van der Waals surface area contributed by atoms with Gasteiger partial charge in [0.05, 0.1) is 72.8 Å². The Morgan fingerprint density at radius 1 is 0.380 bits per heavy atom. The molecule has 0 saturated heterocycles. The molecule has 0 heterocycles. The molecule has 0 unspecified atom stereocenters. The molecule has 11 nitrogen and oxygen atoms in total. The van der Waals surface area contributed by atoms with E-state index in [0.29, 0.717) is 34.1 Å². The van der Waals surface area contributed by atoms with Crippen molar-refractivity contribution in [1.82, 2.24) is 9.80 Å². The fraction of sp³-hybridized carbons (Fsp3) is 0.435. The van der Waals surface area contributed by atoms with Gasteiger partial charge < -0.3 is 28.4 Å². The monoisotopic (exact) mass is 1450 g/mol. The summed E-state index contributed by atoms with van der Waals surface area (Å²) in [4.78, 5) is 45.5. The summed E-state index contributed by atoms with van der Waals surface area (Å²) >= 11 is 0. The van der Waals surface area contributed by atoms with Crippen LogP contribution >= 0.6 is 0 Å². The van der Waals surface area contributed by atoms with Crippen LogP contribution in [-0.4, -0.2) is 65.6 Å². The van der Waals surface area contributed by atoms with Crippen LogP contribution in [0.15, 0.2) is 97.1 Å². The molecule has 2 amide bonds. The molecule has 0 saturated carbocycles. The van der Waals surface area contributed by atoms with Crippen LogP contribution in [0.3, 0.4) is 0 Å². The molecule has 0 radical (unpaired) electrons. The fourth-order valence-electron chi connectivity index (χ4n) is 10.6. The van der Waals surface area contributed by atoms with Gasteiger partial charge in [-0.3, -0.25) is 9.80 Å². The van der Waals surface area contributed by atoms with E-state index in [-0.39, 0.29) is 69.1 Å². The molecule has 6 aromatic rings. The molecule has 0 aliphatic rings. The van der Waals surface area contributed by atoms with Gasteiger partial charge in [0.2, 0.25) is 0 Å². The molecule has 0 aromatic heterocycles. The third-order valence-electron chi connectivity index (χ3n) is 15.4. The predicted molar refractivity (Wildman–Crippen MR) is 323 cm³/mol. The van der Waals surface area contributed by atoms with Gasteiger partial charge in [-0.2, -0.15) is 79.0 Å². The number of carbonyl (C=O) groups is 3. The second-order valence-electron chi connectivity index (χ2n) is 25.9. The molecule has 100 heavy (non-hydrogen) atoms. The van der Waals surface area contributed by atoms with Crippen LogP contribution in [0, 0.1) is 11.6 Å². The maximum Gasteiger partial charge on any atom is 0.509 e. The number of halogens is 20. The third kappa shape index (κ3) is 19.9. The Morgan fingerprint density at radius 2 is 0.660 bits per heavy atom. The van der Waals surface area contributed by atoms with Crippen molar-refractivity contribution in [3.05, 3.63) is 175 Å². The highest BCUT2D eigenvalue weighted by Gasteiger charge is 2.46.